The van der Waals surface area contributed by atoms with Gasteiger partial charge in [-0.3, -0.25) is 18.7 Å². The Balaban J connectivity index is 0. The van der Waals surface area contributed by atoms with Gasteiger partial charge >= 0.3 is 0 Å². The third-order valence-corrected chi connectivity index (χ3v) is 7.23. The maximum atomic E-state index is 4.98. The monoisotopic (exact) mass is 818 g/mol. The van der Waals surface area contributed by atoms with E-state index in [2.05, 4.69) is 151 Å². The molecule has 0 atom stereocenters. The average Bonchev–Trinajstić information content (AvgIpc) is 4.06. The molecule has 0 aromatic carbocycles. The Morgan fingerprint density at radius 1 is 0.458 bits per heavy atom. The molecule has 7 rings (SSSR count). The van der Waals surface area contributed by atoms with E-state index in [1.807, 2.05) is 55.2 Å². The van der Waals surface area contributed by atoms with Crippen molar-refractivity contribution in [3.8, 4) is 0 Å². The van der Waals surface area contributed by atoms with Gasteiger partial charge in [0.2, 0.25) is 0 Å². The minimum Gasteiger partial charge on any atom is -0.449 e. The molecular formula is C43H75N15O. The molecule has 7 heterocycles. The molecule has 0 aliphatic heterocycles. The zero-order valence-electron chi connectivity index (χ0n) is 36.6. The Morgan fingerprint density at radius 3 is 1.20 bits per heavy atom. The predicted molar refractivity (Wildman–Crippen MR) is 239 cm³/mol. The first-order chi connectivity index (χ1) is 27.1. The van der Waals surface area contributed by atoms with Gasteiger partial charge in [0.25, 0.3) is 0 Å². The van der Waals surface area contributed by atoms with Crippen LogP contribution in [-0.2, 0) is 0 Å². The lowest BCUT2D eigenvalue weighted by Gasteiger charge is -2.03. The topological polar surface area (TPSA) is 167 Å². The molecular weight excluding hydrogens is 743 g/mol. The smallest absolute Gasteiger partial charge is 0.196 e. The Labute approximate surface area is 354 Å². The lowest BCUT2D eigenvalue weighted by molar-refractivity contribution is 0.471. The lowest BCUT2D eigenvalue weighted by Crippen LogP contribution is -2.00. The fraction of sp³-hybridized carbons (Fsp3) is 0.535. The third kappa shape index (κ3) is 25.2. The Bertz CT molecular complexity index is 1500. The summed E-state index contributed by atoms with van der Waals surface area (Å²) in [6, 6.07) is 10.2. The van der Waals surface area contributed by atoms with Gasteiger partial charge in [0, 0.05) is 85.4 Å². The summed E-state index contributed by atoms with van der Waals surface area (Å²) in [5.41, 5.74) is 0. The van der Waals surface area contributed by atoms with E-state index < -0.39 is 0 Å². The highest BCUT2D eigenvalue weighted by Gasteiger charge is 2.00. The molecule has 0 aliphatic carbocycles. The van der Waals surface area contributed by atoms with Gasteiger partial charge in [-0.2, -0.15) is 15.3 Å². The molecule has 0 aliphatic rings. The van der Waals surface area contributed by atoms with Gasteiger partial charge in [-0.05, 0) is 93.5 Å². The minimum atomic E-state index is 0. The molecule has 0 bridgehead atoms. The molecule has 0 amide bonds. The summed E-state index contributed by atoms with van der Waals surface area (Å²) in [6.45, 7) is 29.2. The maximum Gasteiger partial charge on any atom is 0.196 e. The van der Waals surface area contributed by atoms with E-state index in [1.54, 1.807) is 76.6 Å². The molecule has 0 N–H and O–H groups in total. The summed E-state index contributed by atoms with van der Waals surface area (Å²) in [7, 11) is 0. The fourth-order valence-electron chi connectivity index (χ4n) is 3.87. The largest absolute Gasteiger partial charge is 0.449 e. The minimum absolute atomic E-state index is 0. The molecule has 16 heteroatoms. The van der Waals surface area contributed by atoms with E-state index in [0.29, 0.717) is 42.0 Å². The van der Waals surface area contributed by atoms with Crippen molar-refractivity contribution in [1.82, 2.24) is 73.8 Å². The summed E-state index contributed by atoms with van der Waals surface area (Å²) in [4.78, 5) is 19.7. The molecule has 16 nitrogen and oxygen atoms in total. The van der Waals surface area contributed by atoms with Gasteiger partial charge in [-0.25, -0.2) is 24.9 Å². The molecule has 328 valence electrons. The standard InChI is InChI=1S/C7H10N2.C7H11N.C6H10N2.C6H9NO.3C5H9N3.2CH4/c1-6(2)7-8-4-3-5-9-7;1-7(2)8-5-3-4-6-8;1-6(2)8-5-3-4-7-8;1-5(2)6-7-3-4-8-6;2*1-5(2)8-4-6-3-7-8;1-5(2)8-4-3-6-7-8;;/h3-6H,1-2H3;3-7H,1-2H3;3-6H,1-2H3;4*3-5H,1-2H3;2*1H4. The zero-order chi connectivity index (χ0) is 42.6. The summed E-state index contributed by atoms with van der Waals surface area (Å²) in [5.74, 6) is 2.57. The first-order valence-corrected chi connectivity index (χ1v) is 19.5. The normalized spacial score (nSPS) is 9.98. The van der Waals surface area contributed by atoms with Crippen LogP contribution in [0.3, 0.4) is 0 Å². The van der Waals surface area contributed by atoms with Gasteiger partial charge < -0.3 is 8.98 Å². The van der Waals surface area contributed by atoms with E-state index in [9.17, 15) is 0 Å². The van der Waals surface area contributed by atoms with Crippen molar-refractivity contribution < 1.29 is 4.42 Å². The second kappa shape index (κ2) is 32.2. The van der Waals surface area contributed by atoms with Gasteiger partial charge in [-0.1, -0.05) is 47.8 Å². The van der Waals surface area contributed by atoms with Crippen molar-refractivity contribution >= 4 is 0 Å². The van der Waals surface area contributed by atoms with Gasteiger partial charge in [0.15, 0.2) is 5.89 Å². The van der Waals surface area contributed by atoms with Crippen LogP contribution in [0.5, 0.6) is 0 Å². The van der Waals surface area contributed by atoms with Crippen molar-refractivity contribution in [1.29, 1.82) is 0 Å². The average molecular weight is 818 g/mol. The van der Waals surface area contributed by atoms with Crippen LogP contribution in [0.1, 0.15) is 166 Å². The Hall–Kier alpha value is -5.80. The van der Waals surface area contributed by atoms with Crippen LogP contribution in [0.15, 0.2) is 116 Å². The highest BCUT2D eigenvalue weighted by molar-refractivity contribution is 4.93. The molecule has 59 heavy (non-hydrogen) atoms. The van der Waals surface area contributed by atoms with Crippen LogP contribution in [-0.4, -0.2) is 73.8 Å². The van der Waals surface area contributed by atoms with Gasteiger partial charge in [0.1, 0.15) is 37.4 Å². The molecule has 0 unspecified atom stereocenters. The molecule has 0 fully saturated rings. The highest BCUT2D eigenvalue weighted by atomic mass is 16.3. The molecule has 0 spiro atoms. The van der Waals surface area contributed by atoms with E-state index in [-0.39, 0.29) is 14.9 Å². The van der Waals surface area contributed by atoms with Crippen molar-refractivity contribution in [3.05, 3.63) is 123 Å². The van der Waals surface area contributed by atoms with Crippen molar-refractivity contribution in [2.75, 3.05) is 0 Å². The summed E-state index contributed by atoms with van der Waals surface area (Å²) < 4.78 is 14.5. The summed E-state index contributed by atoms with van der Waals surface area (Å²) >= 11 is 0. The molecule has 7 aromatic rings. The van der Waals surface area contributed by atoms with E-state index in [4.69, 9.17) is 4.42 Å². The molecule has 0 saturated carbocycles. The second-order valence-corrected chi connectivity index (χ2v) is 14.5. The number of hydrogen-bond acceptors (Lipinski definition) is 11. The zero-order valence-corrected chi connectivity index (χ0v) is 36.6. The number of aromatic nitrogens is 15. The fourth-order valence-corrected chi connectivity index (χ4v) is 3.87. The lowest BCUT2D eigenvalue weighted by atomic mass is 10.2. The van der Waals surface area contributed by atoms with E-state index in [1.165, 1.54) is 0 Å². The van der Waals surface area contributed by atoms with Gasteiger partial charge in [0.05, 0.1) is 12.4 Å². The number of oxazole rings is 1. The van der Waals surface area contributed by atoms with Crippen LogP contribution >= 0.6 is 0 Å². The van der Waals surface area contributed by atoms with Crippen LogP contribution in [0.2, 0.25) is 0 Å². The van der Waals surface area contributed by atoms with Gasteiger partial charge in [-0.15, -0.1) is 5.10 Å². The first-order valence-electron chi connectivity index (χ1n) is 19.5. The maximum absolute atomic E-state index is 4.98. The highest BCUT2D eigenvalue weighted by Crippen LogP contribution is 2.09. The quantitative estimate of drug-likeness (QED) is 0.150. The SMILES string of the molecule is C.C.CC(C)c1ncccn1.CC(C)c1ncco1.CC(C)n1cccc1.CC(C)n1cccn1.CC(C)n1ccnn1.CC(C)n1cncn1.CC(C)n1cncn1. The van der Waals surface area contributed by atoms with Crippen LogP contribution in [0, 0.1) is 0 Å². The molecule has 7 aromatic heterocycles. The summed E-state index contributed by atoms with van der Waals surface area (Å²) in [6.07, 6.45) is 24.7. The summed E-state index contributed by atoms with van der Waals surface area (Å²) in [5, 5.41) is 19.3. The number of nitrogens with zero attached hydrogens (tertiary/aromatic N) is 15. The first kappa shape index (κ1) is 55.3. The van der Waals surface area contributed by atoms with Crippen molar-refractivity contribution in [3.63, 3.8) is 0 Å². The van der Waals surface area contributed by atoms with Crippen LogP contribution < -0.4 is 0 Å². The molecule has 0 saturated heterocycles. The van der Waals surface area contributed by atoms with Crippen LogP contribution in [0.25, 0.3) is 0 Å². The number of rotatable bonds is 7. The van der Waals surface area contributed by atoms with Crippen molar-refractivity contribution in [2.45, 2.75) is 154 Å². The van der Waals surface area contributed by atoms with Crippen molar-refractivity contribution in [2.24, 2.45) is 0 Å². The Morgan fingerprint density at radius 2 is 0.983 bits per heavy atom. The van der Waals surface area contributed by atoms with E-state index in [0.717, 1.165) is 11.7 Å². The number of hydrogen-bond donors (Lipinski definition) is 0. The Kier molecular flexibility index (Phi) is 30.2. The molecule has 0 radical (unpaired) electrons. The van der Waals surface area contributed by atoms with Crippen LogP contribution in [0.4, 0.5) is 0 Å². The predicted octanol–water partition coefficient (Wildman–Crippen LogP) is 10.8. The second-order valence-electron chi connectivity index (χ2n) is 14.5. The van der Waals surface area contributed by atoms with E-state index >= 15 is 0 Å². The third-order valence-electron chi connectivity index (χ3n) is 7.23.